The van der Waals surface area contributed by atoms with Crippen LogP contribution in [0.1, 0.15) is 47.2 Å². The maximum Gasteiger partial charge on any atom is 0.119 e. The van der Waals surface area contributed by atoms with Crippen molar-refractivity contribution in [1.82, 2.24) is 4.98 Å². The maximum atomic E-state index is 9.77. The lowest BCUT2D eigenvalue weighted by Gasteiger charge is -2.21. The Hall–Kier alpha value is -2.85. The molecule has 1 aromatic heterocycles. The van der Waals surface area contributed by atoms with Gasteiger partial charge in [-0.15, -0.1) is 0 Å². The van der Waals surface area contributed by atoms with E-state index in [-0.39, 0.29) is 5.92 Å². The number of oxime groups is 1. The van der Waals surface area contributed by atoms with E-state index < -0.39 is 0 Å². The fourth-order valence-electron chi connectivity index (χ4n) is 3.54. The largest absolute Gasteiger partial charge is 0.494 e. The second kappa shape index (κ2) is 9.57. The molecule has 0 aliphatic rings. The van der Waals surface area contributed by atoms with Crippen molar-refractivity contribution in [2.75, 3.05) is 6.61 Å². The minimum absolute atomic E-state index is 0.00214. The molecule has 1 heterocycles. The third-order valence-corrected chi connectivity index (χ3v) is 5.18. The molecule has 0 unspecified atom stereocenters. The number of pyridine rings is 1. The van der Waals surface area contributed by atoms with Crippen LogP contribution in [0.4, 0.5) is 0 Å². The molecule has 0 saturated carbocycles. The fraction of sp³-hybridized carbons (Fsp3) is 0.250. The Morgan fingerprint density at radius 2 is 1.86 bits per heavy atom. The van der Waals surface area contributed by atoms with Gasteiger partial charge in [-0.05, 0) is 73.9 Å². The average Bonchev–Trinajstić information content (AvgIpc) is 2.71. The summed E-state index contributed by atoms with van der Waals surface area (Å²) in [5, 5.41) is 14.1. The van der Waals surface area contributed by atoms with Crippen LogP contribution in [0.2, 0.25) is 5.02 Å². The summed E-state index contributed by atoms with van der Waals surface area (Å²) in [4.78, 5) is 4.24. The number of benzene rings is 2. The molecular formula is C24H25ClN2O2. The number of hydrogen-bond acceptors (Lipinski definition) is 4. The van der Waals surface area contributed by atoms with Crippen LogP contribution in [0.25, 0.3) is 0 Å². The third-order valence-electron chi connectivity index (χ3n) is 4.95. The van der Waals surface area contributed by atoms with E-state index in [4.69, 9.17) is 16.3 Å². The maximum absolute atomic E-state index is 9.77. The number of halogens is 1. The van der Waals surface area contributed by atoms with Gasteiger partial charge >= 0.3 is 0 Å². The van der Waals surface area contributed by atoms with Crippen molar-refractivity contribution in [2.45, 2.75) is 33.1 Å². The second-order valence-electron chi connectivity index (χ2n) is 6.99. The monoisotopic (exact) mass is 408 g/mol. The Morgan fingerprint density at radius 3 is 2.48 bits per heavy atom. The van der Waals surface area contributed by atoms with Gasteiger partial charge in [0.25, 0.3) is 0 Å². The molecule has 3 rings (SSSR count). The molecule has 0 aliphatic carbocycles. The lowest BCUT2D eigenvalue weighted by atomic mass is 9.83. The van der Waals surface area contributed by atoms with Gasteiger partial charge in [-0.2, -0.15) is 0 Å². The molecule has 0 radical (unpaired) electrons. The SMILES string of the molecule is CCOc1ccc([C@H](CC(=NO)c2ccnc(C)c2)c2ccc(Cl)cc2C)cc1. The van der Waals surface area contributed by atoms with Crippen molar-refractivity contribution in [1.29, 1.82) is 0 Å². The number of nitrogens with zero attached hydrogens (tertiary/aromatic N) is 2. The lowest BCUT2D eigenvalue weighted by Crippen LogP contribution is -2.12. The molecule has 2 aromatic carbocycles. The van der Waals surface area contributed by atoms with Crippen molar-refractivity contribution < 1.29 is 9.94 Å². The molecular weight excluding hydrogens is 384 g/mol. The molecule has 0 spiro atoms. The fourth-order valence-corrected chi connectivity index (χ4v) is 3.76. The zero-order chi connectivity index (χ0) is 20.8. The topological polar surface area (TPSA) is 54.7 Å². The summed E-state index contributed by atoms with van der Waals surface area (Å²) in [7, 11) is 0. The molecule has 0 aliphatic heterocycles. The van der Waals surface area contributed by atoms with E-state index >= 15 is 0 Å². The summed E-state index contributed by atoms with van der Waals surface area (Å²) >= 11 is 6.18. The first-order chi connectivity index (χ1) is 14.0. The highest BCUT2D eigenvalue weighted by molar-refractivity contribution is 6.30. The normalized spacial score (nSPS) is 12.6. The van der Waals surface area contributed by atoms with Gasteiger partial charge in [-0.3, -0.25) is 4.98 Å². The van der Waals surface area contributed by atoms with Crippen LogP contribution >= 0.6 is 11.6 Å². The minimum Gasteiger partial charge on any atom is -0.494 e. The standard InChI is InChI=1S/C24H25ClN2O2/c1-4-29-21-8-5-18(6-9-21)23(22-10-7-20(25)13-16(22)2)15-24(27-28)19-11-12-26-17(3)14-19/h5-14,23,28H,4,15H2,1-3H3/t23-/m0/s1. The zero-order valence-corrected chi connectivity index (χ0v) is 17.6. The van der Waals surface area contributed by atoms with E-state index in [1.54, 1.807) is 6.20 Å². The van der Waals surface area contributed by atoms with E-state index in [0.717, 1.165) is 33.7 Å². The third kappa shape index (κ3) is 5.15. The smallest absolute Gasteiger partial charge is 0.119 e. The summed E-state index contributed by atoms with van der Waals surface area (Å²) in [6.45, 7) is 6.57. The van der Waals surface area contributed by atoms with E-state index in [2.05, 4.69) is 29.2 Å². The molecule has 0 saturated heterocycles. The zero-order valence-electron chi connectivity index (χ0n) is 16.9. The Morgan fingerprint density at radius 1 is 1.10 bits per heavy atom. The number of rotatable bonds is 7. The minimum atomic E-state index is 0.00214. The van der Waals surface area contributed by atoms with Gasteiger partial charge in [0, 0.05) is 34.8 Å². The van der Waals surface area contributed by atoms with E-state index in [9.17, 15) is 5.21 Å². The highest BCUT2D eigenvalue weighted by Crippen LogP contribution is 2.34. The van der Waals surface area contributed by atoms with Crippen LogP contribution in [0.15, 0.2) is 65.9 Å². The summed E-state index contributed by atoms with van der Waals surface area (Å²) in [6, 6.07) is 17.8. The van der Waals surface area contributed by atoms with Crippen LogP contribution in [-0.4, -0.2) is 22.5 Å². The van der Waals surface area contributed by atoms with Gasteiger partial charge in [-0.1, -0.05) is 35.0 Å². The van der Waals surface area contributed by atoms with Crippen molar-refractivity contribution in [3.8, 4) is 5.75 Å². The van der Waals surface area contributed by atoms with Crippen LogP contribution in [0, 0.1) is 13.8 Å². The molecule has 150 valence electrons. The Kier molecular flexibility index (Phi) is 6.89. The summed E-state index contributed by atoms with van der Waals surface area (Å²) in [6.07, 6.45) is 2.27. The molecule has 5 heteroatoms. The first-order valence-corrected chi connectivity index (χ1v) is 10.0. The Bertz CT molecular complexity index is 1000. The number of aryl methyl sites for hydroxylation is 2. The molecule has 0 amide bonds. The number of ether oxygens (including phenoxy) is 1. The highest BCUT2D eigenvalue weighted by atomic mass is 35.5. The highest BCUT2D eigenvalue weighted by Gasteiger charge is 2.21. The molecule has 0 bridgehead atoms. The van der Waals surface area contributed by atoms with Gasteiger partial charge in [0.1, 0.15) is 5.75 Å². The Labute approximate surface area is 176 Å². The predicted molar refractivity (Wildman–Crippen MR) is 118 cm³/mol. The van der Waals surface area contributed by atoms with Crippen LogP contribution in [0.3, 0.4) is 0 Å². The van der Waals surface area contributed by atoms with Crippen LogP contribution in [0.5, 0.6) is 5.75 Å². The molecule has 3 aromatic rings. The van der Waals surface area contributed by atoms with Gasteiger partial charge in [0.05, 0.1) is 12.3 Å². The van der Waals surface area contributed by atoms with Gasteiger partial charge in [-0.25, -0.2) is 0 Å². The Balaban J connectivity index is 2.02. The van der Waals surface area contributed by atoms with E-state index in [0.29, 0.717) is 23.8 Å². The predicted octanol–water partition coefficient (Wildman–Crippen LogP) is 6.15. The van der Waals surface area contributed by atoms with Crippen molar-refractivity contribution >= 4 is 17.3 Å². The van der Waals surface area contributed by atoms with E-state index in [1.165, 1.54) is 0 Å². The molecule has 1 N–H and O–H groups in total. The van der Waals surface area contributed by atoms with Gasteiger partial charge in [0.2, 0.25) is 0 Å². The summed E-state index contributed by atoms with van der Waals surface area (Å²) < 4.78 is 5.58. The molecule has 0 fully saturated rings. The van der Waals surface area contributed by atoms with Crippen LogP contribution in [-0.2, 0) is 0 Å². The lowest BCUT2D eigenvalue weighted by molar-refractivity contribution is 0.317. The molecule has 1 atom stereocenters. The van der Waals surface area contributed by atoms with Crippen LogP contribution < -0.4 is 4.74 Å². The molecule has 29 heavy (non-hydrogen) atoms. The van der Waals surface area contributed by atoms with E-state index in [1.807, 2.05) is 56.3 Å². The quantitative estimate of drug-likeness (QED) is 0.289. The number of hydrogen-bond donors (Lipinski definition) is 1. The van der Waals surface area contributed by atoms with Crippen molar-refractivity contribution in [2.24, 2.45) is 5.16 Å². The first kappa shape index (κ1) is 20.9. The second-order valence-corrected chi connectivity index (χ2v) is 7.43. The average molecular weight is 409 g/mol. The van der Waals surface area contributed by atoms with Gasteiger partial charge < -0.3 is 9.94 Å². The van der Waals surface area contributed by atoms with Crippen molar-refractivity contribution in [3.63, 3.8) is 0 Å². The first-order valence-electron chi connectivity index (χ1n) is 9.64. The number of aromatic nitrogens is 1. The van der Waals surface area contributed by atoms with Crippen molar-refractivity contribution in [3.05, 3.63) is 93.8 Å². The summed E-state index contributed by atoms with van der Waals surface area (Å²) in [5.74, 6) is 0.839. The van der Waals surface area contributed by atoms with Gasteiger partial charge in [0.15, 0.2) is 0 Å². The summed E-state index contributed by atoms with van der Waals surface area (Å²) in [5.41, 5.74) is 5.71. The molecule has 4 nitrogen and oxygen atoms in total.